The molecule has 0 amide bonds. The molecular formula is C11H19F6N3O4S2Si. The lowest BCUT2D eigenvalue weighted by atomic mass is 10.7. The van der Waals surface area contributed by atoms with Crippen molar-refractivity contribution in [2.45, 2.75) is 43.7 Å². The first-order valence-corrected chi connectivity index (χ1v) is 13.6. The number of halogens is 6. The minimum atomic E-state index is -6.72. The maximum absolute atomic E-state index is 11.4. The van der Waals surface area contributed by atoms with Gasteiger partial charge in [0.25, 0.3) is 5.82 Å². The maximum atomic E-state index is 11.4. The Morgan fingerprint density at radius 2 is 1.37 bits per heavy atom. The molecular weight excluding hydrogens is 444 g/mol. The van der Waals surface area contributed by atoms with Crippen molar-refractivity contribution in [3.05, 3.63) is 22.3 Å². The molecule has 7 nitrogen and oxygen atoms in total. The van der Waals surface area contributed by atoms with Crippen LogP contribution in [0.15, 0.2) is 12.4 Å². The summed E-state index contributed by atoms with van der Waals surface area (Å²) >= 11 is 0. The Hall–Kier alpha value is -1.13. The second-order valence-electron chi connectivity index (χ2n) is 6.56. The number of alkyl halides is 6. The lowest BCUT2D eigenvalue weighted by Gasteiger charge is -2.22. The Morgan fingerprint density at radius 1 is 1.00 bits per heavy atom. The van der Waals surface area contributed by atoms with E-state index in [0.29, 0.717) is 0 Å². The first-order chi connectivity index (χ1) is 11.6. The number of nitrogens with zero attached hydrogens (tertiary/aromatic N) is 3. The number of imidazole rings is 1. The molecule has 0 saturated carbocycles. The third-order valence-corrected chi connectivity index (χ3v) is 6.85. The van der Waals surface area contributed by atoms with Crippen LogP contribution in [0.5, 0.6) is 0 Å². The summed E-state index contributed by atoms with van der Waals surface area (Å²) in [5.74, 6) is 1.34. The van der Waals surface area contributed by atoms with E-state index in [1.807, 2.05) is 0 Å². The van der Waals surface area contributed by atoms with Crippen LogP contribution < -0.4 is 4.57 Å². The fraction of sp³-hybridized carbons (Fsp3) is 0.727. The molecule has 16 heteroatoms. The summed E-state index contributed by atoms with van der Waals surface area (Å²) in [6.45, 7) is 9.35. The van der Waals surface area contributed by atoms with Crippen LogP contribution in [0.4, 0.5) is 26.3 Å². The molecule has 0 radical (unpaired) electrons. The van der Waals surface area contributed by atoms with Crippen molar-refractivity contribution < 1.29 is 47.7 Å². The summed E-state index contributed by atoms with van der Waals surface area (Å²) in [6, 6.07) is 0. The maximum Gasteiger partial charge on any atom is 0.480 e. The number of aryl methyl sites for hydroxylation is 1. The topological polar surface area (TPSA) is 91.2 Å². The standard InChI is InChI=1S/C9H19N2Si.C2F6NO4S2/c1-9-10(2)6-7-11(9)8-12(3,4)5;3-1(4,5)14(10,11)9-15(12,13)2(6,7)8/h6-7H,8H2,1-5H3;/q+1;-1. The van der Waals surface area contributed by atoms with E-state index in [1.54, 1.807) is 0 Å². The number of hydrogen-bond acceptors (Lipinski definition) is 4. The zero-order valence-electron chi connectivity index (χ0n) is 14.9. The smallest absolute Gasteiger partial charge is 0.421 e. The van der Waals surface area contributed by atoms with Crippen molar-refractivity contribution in [3.63, 3.8) is 0 Å². The van der Waals surface area contributed by atoms with Gasteiger partial charge >= 0.3 is 11.0 Å². The molecule has 1 rings (SSSR count). The van der Waals surface area contributed by atoms with Gasteiger partial charge < -0.3 is 4.13 Å². The van der Waals surface area contributed by atoms with Gasteiger partial charge in [-0.2, -0.15) is 26.3 Å². The summed E-state index contributed by atoms with van der Waals surface area (Å²) in [5, 5.41) is 0. The largest absolute Gasteiger partial charge is 0.480 e. The van der Waals surface area contributed by atoms with E-state index >= 15 is 0 Å². The van der Waals surface area contributed by atoms with Crippen LogP contribution in [0.1, 0.15) is 5.82 Å². The van der Waals surface area contributed by atoms with E-state index < -0.39 is 39.1 Å². The molecule has 0 atom stereocenters. The first-order valence-electron chi connectivity index (χ1n) is 6.99. The molecule has 0 aliphatic heterocycles. The third-order valence-electron chi connectivity index (χ3n) is 2.82. The number of sulfonamides is 2. The fourth-order valence-electron chi connectivity index (χ4n) is 1.49. The molecule has 1 aromatic heterocycles. The molecule has 0 spiro atoms. The van der Waals surface area contributed by atoms with Crippen LogP contribution in [0, 0.1) is 6.92 Å². The fourth-order valence-corrected chi connectivity index (χ4v) is 4.56. The molecule has 0 bridgehead atoms. The number of rotatable bonds is 4. The second-order valence-corrected chi connectivity index (χ2v) is 15.4. The van der Waals surface area contributed by atoms with Crippen LogP contribution in [0.2, 0.25) is 19.6 Å². The molecule has 160 valence electrons. The van der Waals surface area contributed by atoms with Crippen molar-refractivity contribution in [2.24, 2.45) is 7.05 Å². The summed E-state index contributed by atoms with van der Waals surface area (Å²) in [5.41, 5.74) is -12.4. The number of aromatic nitrogens is 2. The Bertz CT molecular complexity index is 812. The zero-order valence-corrected chi connectivity index (χ0v) is 17.6. The van der Waals surface area contributed by atoms with Gasteiger partial charge in [-0.1, -0.05) is 19.6 Å². The molecule has 0 aliphatic rings. The van der Waals surface area contributed by atoms with E-state index in [0.717, 1.165) is 4.13 Å². The van der Waals surface area contributed by atoms with Crippen molar-refractivity contribution in [1.82, 2.24) is 4.57 Å². The van der Waals surface area contributed by atoms with Crippen LogP contribution >= 0.6 is 0 Å². The Morgan fingerprint density at radius 3 is 1.59 bits per heavy atom. The van der Waals surface area contributed by atoms with E-state index in [4.69, 9.17) is 0 Å². The third kappa shape index (κ3) is 7.79. The molecule has 0 unspecified atom stereocenters. The number of hydrogen-bond donors (Lipinski definition) is 0. The monoisotopic (exact) mass is 463 g/mol. The lowest BCUT2D eigenvalue weighted by molar-refractivity contribution is -0.677. The van der Waals surface area contributed by atoms with Gasteiger partial charge in [0.1, 0.15) is 12.4 Å². The predicted molar refractivity (Wildman–Crippen MR) is 87.0 cm³/mol. The van der Waals surface area contributed by atoms with Gasteiger partial charge in [-0.3, -0.25) is 0 Å². The van der Waals surface area contributed by atoms with Gasteiger partial charge in [0.15, 0.2) is 20.0 Å². The normalized spacial score (nSPS) is 13.9. The minimum Gasteiger partial charge on any atom is -0.421 e. The zero-order chi connectivity index (χ0) is 22.1. The Kier molecular flexibility index (Phi) is 7.74. The van der Waals surface area contributed by atoms with Gasteiger partial charge in [-0.25, -0.2) is 26.0 Å². The summed E-state index contributed by atoms with van der Waals surface area (Å²) in [7, 11) is -12.3. The van der Waals surface area contributed by atoms with E-state index in [2.05, 4.69) is 55.1 Å². The molecule has 1 heterocycles. The van der Waals surface area contributed by atoms with Crippen LogP contribution in [-0.2, 0) is 33.3 Å². The first kappa shape index (κ1) is 25.9. The molecule has 0 N–H and O–H groups in total. The van der Waals surface area contributed by atoms with Crippen LogP contribution in [-0.4, -0.2) is 40.5 Å². The highest BCUT2D eigenvalue weighted by Gasteiger charge is 2.46. The van der Waals surface area contributed by atoms with E-state index in [-0.39, 0.29) is 0 Å². The second kappa shape index (κ2) is 8.08. The van der Waals surface area contributed by atoms with Gasteiger partial charge in [0, 0.05) is 6.92 Å². The highest BCUT2D eigenvalue weighted by atomic mass is 32.3. The summed E-state index contributed by atoms with van der Waals surface area (Å²) in [4.78, 5) is 0. The van der Waals surface area contributed by atoms with Gasteiger partial charge in [-0.15, -0.1) is 0 Å². The van der Waals surface area contributed by atoms with Crippen molar-refractivity contribution in [2.75, 3.05) is 0 Å². The summed E-state index contributed by atoms with van der Waals surface area (Å²) in [6.07, 6.45) is 5.52. The molecule has 0 fully saturated rings. The molecule has 1 aromatic rings. The van der Waals surface area contributed by atoms with Gasteiger partial charge in [-0.05, 0) is 0 Å². The Balaban J connectivity index is 0.000000511. The summed E-state index contributed by atoms with van der Waals surface area (Å²) < 4.78 is 114. The molecule has 0 aromatic carbocycles. The van der Waals surface area contributed by atoms with Crippen LogP contribution in [0.25, 0.3) is 4.13 Å². The lowest BCUT2D eigenvalue weighted by Crippen LogP contribution is -2.33. The van der Waals surface area contributed by atoms with Crippen molar-refractivity contribution >= 4 is 28.1 Å². The minimum absolute atomic E-state index is 0.778. The SMILES string of the molecule is Cc1n(C[Si](C)(C)C)cc[n+]1C.O=S(=O)([N-]S(=O)(=O)C(F)(F)F)C(F)(F)F. The van der Waals surface area contributed by atoms with Gasteiger partial charge in [0.05, 0.1) is 21.3 Å². The average Bonchev–Trinajstić information content (AvgIpc) is 2.65. The van der Waals surface area contributed by atoms with E-state index in [9.17, 15) is 43.2 Å². The molecule has 27 heavy (non-hydrogen) atoms. The molecule has 0 saturated heterocycles. The highest BCUT2D eigenvalue weighted by Crippen LogP contribution is 2.36. The van der Waals surface area contributed by atoms with Gasteiger partial charge in [0.2, 0.25) is 0 Å². The van der Waals surface area contributed by atoms with Crippen molar-refractivity contribution in [1.29, 1.82) is 0 Å². The Labute approximate surface area is 154 Å². The van der Waals surface area contributed by atoms with Crippen LogP contribution in [0.3, 0.4) is 0 Å². The van der Waals surface area contributed by atoms with Crippen molar-refractivity contribution in [3.8, 4) is 0 Å². The quantitative estimate of drug-likeness (QED) is 0.390. The highest BCUT2D eigenvalue weighted by molar-refractivity contribution is 8.13. The average molecular weight is 463 g/mol. The predicted octanol–water partition coefficient (Wildman–Crippen LogP) is 2.56. The molecule has 0 aliphatic carbocycles. The van der Waals surface area contributed by atoms with E-state index in [1.165, 1.54) is 12.0 Å².